The van der Waals surface area contributed by atoms with Crippen molar-refractivity contribution in [2.24, 2.45) is 23.7 Å². The molecule has 2 N–H and O–H groups in total. The minimum atomic E-state index is -4.16. The predicted molar refractivity (Wildman–Crippen MR) is 189 cm³/mol. The first-order chi connectivity index (χ1) is 24.6. The lowest BCUT2D eigenvalue weighted by Gasteiger charge is -2.41. The van der Waals surface area contributed by atoms with Crippen molar-refractivity contribution < 1.29 is 42.2 Å². The molecule has 0 spiro atoms. The maximum atomic E-state index is 16.6. The molecule has 1 saturated carbocycles. The van der Waals surface area contributed by atoms with Crippen LogP contribution in [-0.4, -0.2) is 68.7 Å². The second kappa shape index (κ2) is 19.9. The first-order valence-corrected chi connectivity index (χ1v) is 18.1. The van der Waals surface area contributed by atoms with E-state index in [9.17, 15) is 24.0 Å². The van der Waals surface area contributed by atoms with E-state index in [-0.39, 0.29) is 25.6 Å². The Kier molecular flexibility index (Phi) is 16.1. The molecule has 0 aliphatic heterocycles. The molecule has 12 nitrogen and oxygen atoms in total. The minimum Gasteiger partial charge on any atom is -0.443 e. The van der Waals surface area contributed by atoms with Gasteiger partial charge in [-0.05, 0) is 54.4 Å². The molecule has 2 heterocycles. The van der Waals surface area contributed by atoms with Gasteiger partial charge in [0.15, 0.2) is 0 Å². The highest BCUT2D eigenvalue weighted by molar-refractivity contribution is 6.03. The largest absolute Gasteiger partial charge is 0.443 e. The number of halogens is 2. The van der Waals surface area contributed by atoms with Gasteiger partial charge in [-0.1, -0.05) is 85.8 Å². The monoisotopic (exact) mass is 729 g/mol. The summed E-state index contributed by atoms with van der Waals surface area (Å²) >= 11 is 0. The summed E-state index contributed by atoms with van der Waals surface area (Å²) in [6.45, 7) is 8.55. The number of nitrogens with zero attached hydrogens (tertiary/aromatic N) is 3. The minimum absolute atomic E-state index is 0.142. The van der Waals surface area contributed by atoms with E-state index in [1.54, 1.807) is 64.1 Å². The van der Waals surface area contributed by atoms with Crippen molar-refractivity contribution in [3.8, 4) is 0 Å². The van der Waals surface area contributed by atoms with E-state index in [1.165, 1.54) is 26.2 Å². The molecular weight excluding hydrogens is 676 g/mol. The van der Waals surface area contributed by atoms with E-state index < -0.39 is 78.0 Å². The first-order valence-electron chi connectivity index (χ1n) is 18.1. The van der Waals surface area contributed by atoms with Gasteiger partial charge in [0, 0.05) is 18.8 Å². The van der Waals surface area contributed by atoms with Gasteiger partial charge in [-0.2, -0.15) is 8.78 Å². The van der Waals surface area contributed by atoms with Gasteiger partial charge in [-0.3, -0.25) is 29.3 Å². The number of ketones is 1. The summed E-state index contributed by atoms with van der Waals surface area (Å²) in [6.07, 6.45) is 5.51. The molecule has 2 aromatic rings. The van der Waals surface area contributed by atoms with Crippen molar-refractivity contribution in [2.45, 2.75) is 124 Å². The van der Waals surface area contributed by atoms with Crippen molar-refractivity contribution in [1.82, 2.24) is 25.5 Å². The number of alkyl carbamates (subject to hydrolysis) is 2. The Hall–Kier alpha value is -4.49. The van der Waals surface area contributed by atoms with Gasteiger partial charge in [0.1, 0.15) is 31.3 Å². The second-order valence-corrected chi connectivity index (χ2v) is 14.4. The van der Waals surface area contributed by atoms with E-state index in [1.807, 2.05) is 0 Å². The molecule has 4 amide bonds. The number of imide groups is 1. The number of carbonyl (C=O) groups excluding carboxylic acids is 5. The molecule has 14 heteroatoms. The highest BCUT2D eigenvalue weighted by atomic mass is 19.3. The van der Waals surface area contributed by atoms with Gasteiger partial charge in [-0.15, -0.1) is 0 Å². The third kappa shape index (κ3) is 12.0. The molecule has 2 aromatic heterocycles. The van der Waals surface area contributed by atoms with Crippen LogP contribution in [0.5, 0.6) is 0 Å². The number of Topliss-reactive ketones (excluding diaryl/α,β-unsaturated/α-hetero) is 1. The van der Waals surface area contributed by atoms with Crippen LogP contribution in [0.1, 0.15) is 97.9 Å². The van der Waals surface area contributed by atoms with Crippen LogP contribution in [0.25, 0.3) is 0 Å². The van der Waals surface area contributed by atoms with Gasteiger partial charge in [0.2, 0.25) is 5.78 Å². The molecular formula is C38H53F2N5O7. The molecule has 0 bridgehead atoms. The zero-order valence-corrected chi connectivity index (χ0v) is 31.0. The maximum Gasteiger partial charge on any atom is 0.408 e. The SMILES string of the molecule is CC(C)[C@H](NC(=O)OCc1ccccn1)C(=O)N(C(=O)[C@@H](NC(=O)OCc1ccccn1)C(C)C)[C@@H](C(C)C)C(F)(F)C(=O)CCC1CCCCC1. The highest BCUT2D eigenvalue weighted by Gasteiger charge is 2.55. The van der Waals surface area contributed by atoms with Crippen molar-refractivity contribution in [1.29, 1.82) is 0 Å². The van der Waals surface area contributed by atoms with E-state index in [0.29, 0.717) is 16.3 Å². The number of carbonyl (C=O) groups is 5. The van der Waals surface area contributed by atoms with Gasteiger partial charge in [-0.25, -0.2) is 9.59 Å². The molecule has 1 aliphatic rings. The molecule has 3 rings (SSSR count). The van der Waals surface area contributed by atoms with Crippen LogP contribution < -0.4 is 10.6 Å². The number of aromatic nitrogens is 2. The van der Waals surface area contributed by atoms with Crippen molar-refractivity contribution in [3.63, 3.8) is 0 Å². The van der Waals surface area contributed by atoms with Crippen LogP contribution in [0, 0.1) is 23.7 Å². The number of hydrogen-bond acceptors (Lipinski definition) is 9. The molecule has 1 fully saturated rings. The Labute approximate surface area is 304 Å². The lowest BCUT2D eigenvalue weighted by Crippen LogP contribution is -2.66. The van der Waals surface area contributed by atoms with Crippen molar-refractivity contribution in [3.05, 3.63) is 60.2 Å². The summed E-state index contributed by atoms with van der Waals surface area (Å²) in [5, 5.41) is 4.86. The van der Waals surface area contributed by atoms with E-state index in [2.05, 4.69) is 20.6 Å². The first kappa shape index (κ1) is 41.9. The van der Waals surface area contributed by atoms with Crippen molar-refractivity contribution in [2.75, 3.05) is 0 Å². The summed E-state index contributed by atoms with van der Waals surface area (Å²) < 4.78 is 43.7. The van der Waals surface area contributed by atoms with Gasteiger partial charge in [0.25, 0.3) is 11.8 Å². The van der Waals surface area contributed by atoms with Gasteiger partial charge >= 0.3 is 18.1 Å². The average Bonchev–Trinajstić information content (AvgIpc) is 3.12. The standard InChI is InChI=1S/C38H53F2N5O7/c1-24(2)31(43-36(49)51-22-28-16-10-12-20-41-28)34(47)45(33(26(5)6)38(39,40)30(46)19-18-27-14-8-7-9-15-27)35(48)32(25(3)4)44-37(50)52-23-29-17-11-13-21-42-29/h10-13,16-17,20-21,24-27,31-33H,7-9,14-15,18-19,22-23H2,1-6H3,(H,43,49)(H,44,50)/t31-,32-,33-/m0/s1. The average molecular weight is 730 g/mol. The number of rotatable bonds is 17. The number of alkyl halides is 2. The lowest BCUT2D eigenvalue weighted by molar-refractivity contribution is -0.173. The van der Waals surface area contributed by atoms with E-state index in [0.717, 1.165) is 32.1 Å². The summed E-state index contributed by atoms with van der Waals surface area (Å²) in [6, 6.07) is 4.71. The predicted octanol–water partition coefficient (Wildman–Crippen LogP) is 6.62. The molecule has 286 valence electrons. The van der Waals surface area contributed by atoms with Crippen LogP contribution in [0.15, 0.2) is 48.8 Å². The topological polar surface area (TPSA) is 157 Å². The highest BCUT2D eigenvalue weighted by Crippen LogP contribution is 2.35. The molecule has 0 radical (unpaired) electrons. The third-order valence-corrected chi connectivity index (χ3v) is 9.20. The third-order valence-electron chi connectivity index (χ3n) is 9.20. The Bertz CT molecular complexity index is 1390. The van der Waals surface area contributed by atoms with Gasteiger partial charge < -0.3 is 20.1 Å². The molecule has 3 atom stereocenters. The Balaban J connectivity index is 1.96. The number of hydrogen-bond donors (Lipinski definition) is 2. The number of amides is 4. The summed E-state index contributed by atoms with van der Waals surface area (Å²) in [7, 11) is 0. The summed E-state index contributed by atoms with van der Waals surface area (Å²) in [5.41, 5.74) is 0.850. The molecule has 0 saturated heterocycles. The Morgan fingerprint density at radius 2 is 1.21 bits per heavy atom. The van der Waals surface area contributed by atoms with E-state index >= 15 is 8.78 Å². The van der Waals surface area contributed by atoms with E-state index in [4.69, 9.17) is 9.47 Å². The van der Waals surface area contributed by atoms with Crippen molar-refractivity contribution >= 4 is 29.8 Å². The fourth-order valence-electron chi connectivity index (χ4n) is 6.31. The molecule has 0 unspecified atom stereocenters. The second-order valence-electron chi connectivity index (χ2n) is 14.4. The van der Waals surface area contributed by atoms with Crippen LogP contribution in [0.2, 0.25) is 0 Å². The normalized spacial score (nSPS) is 15.4. The summed E-state index contributed by atoms with van der Waals surface area (Å²) in [4.78, 5) is 76.9. The molecule has 1 aliphatic carbocycles. The number of ether oxygens (including phenoxy) is 2. The fraction of sp³-hybridized carbons (Fsp3) is 0.605. The Morgan fingerprint density at radius 3 is 1.60 bits per heavy atom. The lowest BCUT2D eigenvalue weighted by atomic mass is 9.83. The smallest absolute Gasteiger partial charge is 0.408 e. The van der Waals surface area contributed by atoms with Crippen LogP contribution >= 0.6 is 0 Å². The van der Waals surface area contributed by atoms with Gasteiger partial charge in [0.05, 0.1) is 11.4 Å². The van der Waals surface area contributed by atoms with Crippen LogP contribution in [-0.2, 0) is 37.1 Å². The van der Waals surface area contributed by atoms with Crippen LogP contribution in [0.3, 0.4) is 0 Å². The number of pyridine rings is 2. The quantitative estimate of drug-likeness (QED) is 0.183. The van der Waals surface area contributed by atoms with Crippen LogP contribution in [0.4, 0.5) is 18.4 Å². The summed E-state index contributed by atoms with van der Waals surface area (Å²) in [5.74, 6) is -10.3. The molecule has 52 heavy (non-hydrogen) atoms. The number of nitrogens with one attached hydrogen (secondary N) is 2. The fourth-order valence-corrected chi connectivity index (χ4v) is 6.31. The maximum absolute atomic E-state index is 16.6. The zero-order valence-electron chi connectivity index (χ0n) is 31.0. The molecule has 0 aromatic carbocycles. The Morgan fingerprint density at radius 1 is 0.750 bits per heavy atom. The zero-order chi connectivity index (χ0) is 38.4.